The van der Waals surface area contributed by atoms with Crippen LogP contribution >= 0.6 is 0 Å². The molecule has 1 amide bonds. The van der Waals surface area contributed by atoms with E-state index in [1.807, 2.05) is 20.8 Å². The number of carbonyl (C=O) groups is 1. The maximum atomic E-state index is 14.6. The molecule has 178 valence electrons. The Balaban J connectivity index is 1.57. The van der Waals surface area contributed by atoms with Crippen LogP contribution in [0.5, 0.6) is 0 Å². The molecule has 2 saturated heterocycles. The number of likely N-dealkylation sites (tertiary alicyclic amines) is 2. The van der Waals surface area contributed by atoms with Crippen molar-refractivity contribution in [3.8, 4) is 0 Å². The third-order valence-corrected chi connectivity index (χ3v) is 7.63. The molecule has 1 N–H and O–H groups in total. The first-order valence-corrected chi connectivity index (χ1v) is 11.6. The number of amides is 1. The highest BCUT2D eigenvalue weighted by Crippen LogP contribution is 2.43. The van der Waals surface area contributed by atoms with Crippen LogP contribution in [0.15, 0.2) is 42.5 Å². The van der Waals surface area contributed by atoms with E-state index in [2.05, 4.69) is 4.90 Å². The van der Waals surface area contributed by atoms with E-state index in [1.54, 1.807) is 17.0 Å². The summed E-state index contributed by atoms with van der Waals surface area (Å²) in [5.74, 6) is -3.05. The molecule has 0 radical (unpaired) electrons. The predicted octanol–water partition coefficient (Wildman–Crippen LogP) is 4.14. The normalized spacial score (nSPS) is 30.6. The third-order valence-electron chi connectivity index (χ3n) is 7.63. The Hall–Kier alpha value is -2.38. The van der Waals surface area contributed by atoms with Crippen molar-refractivity contribution >= 4 is 5.91 Å². The first-order valence-electron chi connectivity index (χ1n) is 11.6. The molecular formula is C26H31F3N2O2. The van der Waals surface area contributed by atoms with Crippen LogP contribution in [0.3, 0.4) is 0 Å². The number of carbonyl (C=O) groups excluding carboxylic acids is 1. The van der Waals surface area contributed by atoms with Crippen molar-refractivity contribution in [2.24, 2.45) is 17.8 Å². The summed E-state index contributed by atoms with van der Waals surface area (Å²) in [5, 5.41) is 11.6. The minimum absolute atomic E-state index is 0.0699. The molecule has 1 unspecified atom stereocenters. The van der Waals surface area contributed by atoms with Crippen LogP contribution in [0.25, 0.3) is 0 Å². The number of aliphatic hydroxyl groups is 1. The molecule has 5 atom stereocenters. The molecule has 2 aliphatic heterocycles. The van der Waals surface area contributed by atoms with Gasteiger partial charge in [0, 0.05) is 50.0 Å². The van der Waals surface area contributed by atoms with Gasteiger partial charge in [-0.05, 0) is 35.9 Å². The van der Waals surface area contributed by atoms with E-state index < -0.39 is 23.2 Å². The zero-order valence-corrected chi connectivity index (χ0v) is 19.3. The molecule has 33 heavy (non-hydrogen) atoms. The van der Waals surface area contributed by atoms with Gasteiger partial charge < -0.3 is 14.9 Å². The van der Waals surface area contributed by atoms with Crippen molar-refractivity contribution in [2.45, 2.75) is 32.3 Å². The fourth-order valence-electron chi connectivity index (χ4n) is 5.71. The summed E-state index contributed by atoms with van der Waals surface area (Å²) in [7, 11) is 0. The fourth-order valence-corrected chi connectivity index (χ4v) is 5.71. The van der Waals surface area contributed by atoms with Gasteiger partial charge in [-0.2, -0.15) is 0 Å². The van der Waals surface area contributed by atoms with Crippen LogP contribution < -0.4 is 0 Å². The number of halogens is 3. The average molecular weight is 461 g/mol. The van der Waals surface area contributed by atoms with E-state index in [-0.39, 0.29) is 29.5 Å². The van der Waals surface area contributed by atoms with Crippen molar-refractivity contribution in [2.75, 3.05) is 32.7 Å². The Morgan fingerprint density at radius 2 is 1.58 bits per heavy atom. The molecule has 2 aliphatic rings. The van der Waals surface area contributed by atoms with Crippen LogP contribution in [0.4, 0.5) is 13.2 Å². The van der Waals surface area contributed by atoms with Crippen molar-refractivity contribution in [1.82, 2.24) is 9.80 Å². The van der Waals surface area contributed by atoms with Gasteiger partial charge in [0.15, 0.2) is 0 Å². The summed E-state index contributed by atoms with van der Waals surface area (Å²) in [6.45, 7) is 8.26. The van der Waals surface area contributed by atoms with Gasteiger partial charge in [0.05, 0.1) is 11.5 Å². The number of likely N-dealkylation sites (N-methyl/N-ethyl adjacent to an activating group) is 1. The Morgan fingerprint density at radius 3 is 2.15 bits per heavy atom. The van der Waals surface area contributed by atoms with Crippen molar-refractivity contribution < 1.29 is 23.1 Å². The standard InChI is InChI=1S/C26H31F3N2O2/c1-4-30-14-22(21-10-9-20(28)11-24(21)29)23(15-30)25(32)31-12-16(2)26(33,17(3)13-31)18-5-7-19(27)8-6-18/h5-11,16-17,22-23,33H,4,12-15H2,1-3H3/t16-,17+,22-,23+,26?/m0/s1. The third kappa shape index (κ3) is 4.28. The summed E-state index contributed by atoms with van der Waals surface area (Å²) in [6, 6.07) is 9.44. The van der Waals surface area contributed by atoms with E-state index in [0.29, 0.717) is 37.3 Å². The van der Waals surface area contributed by atoms with Crippen LogP contribution in [-0.2, 0) is 10.4 Å². The van der Waals surface area contributed by atoms with E-state index in [1.165, 1.54) is 24.3 Å². The predicted molar refractivity (Wildman–Crippen MR) is 120 cm³/mol. The minimum atomic E-state index is -1.18. The van der Waals surface area contributed by atoms with Gasteiger partial charge >= 0.3 is 0 Å². The lowest BCUT2D eigenvalue weighted by atomic mass is 9.70. The molecule has 2 fully saturated rings. The van der Waals surface area contributed by atoms with Gasteiger partial charge in [-0.3, -0.25) is 4.79 Å². The molecule has 2 aromatic rings. The summed E-state index contributed by atoms with van der Waals surface area (Å²) >= 11 is 0. The summed E-state index contributed by atoms with van der Waals surface area (Å²) in [6.07, 6.45) is 0. The van der Waals surface area contributed by atoms with Gasteiger partial charge in [0.25, 0.3) is 0 Å². The zero-order chi connectivity index (χ0) is 23.9. The Morgan fingerprint density at radius 1 is 0.970 bits per heavy atom. The van der Waals surface area contributed by atoms with E-state index in [4.69, 9.17) is 0 Å². The van der Waals surface area contributed by atoms with Gasteiger partial charge in [-0.15, -0.1) is 0 Å². The van der Waals surface area contributed by atoms with Crippen LogP contribution in [0.2, 0.25) is 0 Å². The van der Waals surface area contributed by atoms with E-state index >= 15 is 0 Å². The number of nitrogens with zero attached hydrogens (tertiary/aromatic N) is 2. The second-order valence-corrected chi connectivity index (χ2v) is 9.61. The second-order valence-electron chi connectivity index (χ2n) is 9.61. The molecule has 0 aliphatic carbocycles. The molecule has 0 aromatic heterocycles. The largest absolute Gasteiger partial charge is 0.384 e. The molecule has 4 rings (SSSR count). The summed E-state index contributed by atoms with van der Waals surface area (Å²) < 4.78 is 41.5. The topological polar surface area (TPSA) is 43.8 Å². The number of benzene rings is 2. The average Bonchev–Trinajstić information content (AvgIpc) is 3.21. The molecule has 2 aromatic carbocycles. The second kappa shape index (κ2) is 9.11. The highest BCUT2D eigenvalue weighted by atomic mass is 19.1. The molecule has 4 nitrogen and oxygen atoms in total. The summed E-state index contributed by atoms with van der Waals surface area (Å²) in [5.41, 5.74) is -0.176. The van der Waals surface area contributed by atoms with Crippen LogP contribution in [-0.4, -0.2) is 53.5 Å². The number of rotatable bonds is 4. The fraction of sp³-hybridized carbons (Fsp3) is 0.500. The zero-order valence-electron chi connectivity index (χ0n) is 19.3. The lowest BCUT2D eigenvalue weighted by Crippen LogP contribution is -2.57. The van der Waals surface area contributed by atoms with Crippen molar-refractivity contribution in [1.29, 1.82) is 0 Å². The van der Waals surface area contributed by atoms with Gasteiger partial charge in [-0.25, -0.2) is 13.2 Å². The van der Waals surface area contributed by atoms with Gasteiger partial charge in [0.1, 0.15) is 17.5 Å². The van der Waals surface area contributed by atoms with Crippen molar-refractivity contribution in [3.63, 3.8) is 0 Å². The molecule has 0 bridgehead atoms. The molecular weight excluding hydrogens is 429 g/mol. The van der Waals surface area contributed by atoms with Gasteiger partial charge in [-0.1, -0.05) is 39.0 Å². The molecule has 0 saturated carbocycles. The highest BCUT2D eigenvalue weighted by Gasteiger charge is 2.49. The maximum Gasteiger partial charge on any atom is 0.227 e. The van der Waals surface area contributed by atoms with Crippen LogP contribution in [0.1, 0.15) is 37.8 Å². The number of hydrogen-bond donors (Lipinski definition) is 1. The smallest absolute Gasteiger partial charge is 0.227 e. The quantitative estimate of drug-likeness (QED) is 0.746. The van der Waals surface area contributed by atoms with E-state index in [9.17, 15) is 23.1 Å². The van der Waals surface area contributed by atoms with Gasteiger partial charge in [0.2, 0.25) is 5.91 Å². The van der Waals surface area contributed by atoms with E-state index in [0.717, 1.165) is 12.6 Å². The SMILES string of the molecule is CCN1C[C@@H](C(=O)N2C[C@@H](C)C(O)(c3ccc(F)cc3)[C@@H](C)C2)[C@H](c2ccc(F)cc2F)C1. The lowest BCUT2D eigenvalue weighted by Gasteiger charge is -2.48. The highest BCUT2D eigenvalue weighted by molar-refractivity contribution is 5.81. The first kappa shape index (κ1) is 23.8. The number of hydrogen-bond acceptors (Lipinski definition) is 3. The minimum Gasteiger partial charge on any atom is -0.384 e. The first-order chi connectivity index (χ1) is 15.6. The van der Waals surface area contributed by atoms with Crippen molar-refractivity contribution in [3.05, 3.63) is 71.0 Å². The summed E-state index contributed by atoms with van der Waals surface area (Å²) in [4.78, 5) is 17.6. The lowest BCUT2D eigenvalue weighted by molar-refractivity contribution is -0.152. The number of piperidine rings is 1. The Kier molecular flexibility index (Phi) is 6.56. The monoisotopic (exact) mass is 460 g/mol. The molecule has 0 spiro atoms. The Bertz CT molecular complexity index is 1000. The molecule has 2 heterocycles. The Labute approximate surface area is 193 Å². The van der Waals surface area contributed by atoms with Crippen LogP contribution in [0, 0.1) is 35.2 Å². The maximum absolute atomic E-state index is 14.6. The molecule has 7 heteroatoms.